The number of hydrogen-bond donors (Lipinski definition) is 3. The maximum absolute atomic E-state index is 9.77. The molecule has 3 N–H and O–H groups in total. The monoisotopic (exact) mass is 275 g/mol. The summed E-state index contributed by atoms with van der Waals surface area (Å²) in [6.07, 6.45) is 4.12. The molecule has 3 saturated carbocycles. The fraction of sp³-hybridized carbons (Fsp3) is 0.647. The summed E-state index contributed by atoms with van der Waals surface area (Å²) in [5.41, 5.74) is 1.38. The van der Waals surface area contributed by atoms with Gasteiger partial charge in [0, 0.05) is 18.2 Å². The molecule has 3 heteroatoms. The van der Waals surface area contributed by atoms with Gasteiger partial charge in [0.15, 0.2) is 0 Å². The molecule has 20 heavy (non-hydrogen) atoms. The molecule has 3 atom stereocenters. The number of aromatic hydroxyl groups is 2. The fourth-order valence-electron chi connectivity index (χ4n) is 4.30. The van der Waals surface area contributed by atoms with Crippen molar-refractivity contribution in [3.05, 3.63) is 23.8 Å². The van der Waals surface area contributed by atoms with Gasteiger partial charge in [-0.15, -0.1) is 0 Å². The van der Waals surface area contributed by atoms with Crippen molar-refractivity contribution >= 4 is 0 Å². The first-order valence-corrected chi connectivity index (χ1v) is 7.70. The highest BCUT2D eigenvalue weighted by atomic mass is 16.3. The van der Waals surface area contributed by atoms with E-state index in [0.717, 1.165) is 29.9 Å². The Bertz CT molecular complexity index is 496. The van der Waals surface area contributed by atoms with Crippen LogP contribution < -0.4 is 5.32 Å². The molecule has 3 unspecified atom stereocenters. The lowest BCUT2D eigenvalue weighted by Crippen LogP contribution is -2.54. The van der Waals surface area contributed by atoms with E-state index in [9.17, 15) is 10.2 Å². The summed E-state index contributed by atoms with van der Waals surface area (Å²) in [6.45, 7) is 6.54. The Balaban J connectivity index is 1.53. The molecular formula is C17H25NO2. The van der Waals surface area contributed by atoms with E-state index in [1.807, 2.05) is 0 Å². The third kappa shape index (κ3) is 2.28. The first-order chi connectivity index (χ1) is 9.48. The molecule has 3 nitrogen and oxygen atoms in total. The van der Waals surface area contributed by atoms with E-state index < -0.39 is 0 Å². The molecule has 4 rings (SSSR count). The second kappa shape index (κ2) is 4.96. The molecule has 3 aliphatic carbocycles. The van der Waals surface area contributed by atoms with E-state index in [4.69, 9.17) is 0 Å². The van der Waals surface area contributed by atoms with Crippen molar-refractivity contribution < 1.29 is 10.2 Å². The molecule has 0 amide bonds. The van der Waals surface area contributed by atoms with Gasteiger partial charge < -0.3 is 15.5 Å². The highest BCUT2D eigenvalue weighted by molar-refractivity contribution is 5.38. The number of phenols is 2. The average Bonchev–Trinajstić information content (AvgIpc) is 2.41. The van der Waals surface area contributed by atoms with Crippen LogP contribution in [0.25, 0.3) is 0 Å². The molecule has 1 aromatic rings. The molecule has 0 aromatic heterocycles. The standard InChI is InChI=1S/C17H25NO2/c1-17(2)13-5-3-11(15(17)7-13)9-18-10-12-4-6-14(19)8-16(12)20/h4,6,8,11,13,15,18-20H,3,5,7,9-10H2,1-2H3. The van der Waals surface area contributed by atoms with Crippen LogP contribution in [-0.4, -0.2) is 16.8 Å². The predicted octanol–water partition coefficient (Wildman–Crippen LogP) is 3.26. The Hall–Kier alpha value is -1.22. The zero-order valence-corrected chi connectivity index (χ0v) is 12.4. The summed E-state index contributed by atoms with van der Waals surface area (Å²) in [5.74, 6) is 2.87. The van der Waals surface area contributed by atoms with E-state index in [-0.39, 0.29) is 11.5 Å². The predicted molar refractivity (Wildman–Crippen MR) is 79.6 cm³/mol. The molecule has 3 aliphatic rings. The van der Waals surface area contributed by atoms with Crippen molar-refractivity contribution in [1.29, 1.82) is 0 Å². The third-order valence-electron chi connectivity index (χ3n) is 5.79. The van der Waals surface area contributed by atoms with E-state index in [1.54, 1.807) is 12.1 Å². The van der Waals surface area contributed by atoms with Crippen molar-refractivity contribution in [3.63, 3.8) is 0 Å². The molecule has 110 valence electrons. The molecule has 0 saturated heterocycles. The Morgan fingerprint density at radius 2 is 2.05 bits per heavy atom. The van der Waals surface area contributed by atoms with Gasteiger partial charge >= 0.3 is 0 Å². The lowest BCUT2D eigenvalue weighted by Gasteiger charge is -2.60. The topological polar surface area (TPSA) is 52.5 Å². The van der Waals surface area contributed by atoms with Crippen LogP contribution in [0.3, 0.4) is 0 Å². The van der Waals surface area contributed by atoms with Gasteiger partial charge in [0.25, 0.3) is 0 Å². The second-order valence-corrected chi connectivity index (χ2v) is 7.14. The molecule has 1 aromatic carbocycles. The van der Waals surface area contributed by atoms with Crippen molar-refractivity contribution in [1.82, 2.24) is 5.32 Å². The zero-order chi connectivity index (χ0) is 14.3. The van der Waals surface area contributed by atoms with Gasteiger partial charge in [-0.3, -0.25) is 0 Å². The molecule has 0 aliphatic heterocycles. The Labute approximate surface area is 121 Å². The summed E-state index contributed by atoms with van der Waals surface area (Å²) in [5, 5.41) is 22.5. The van der Waals surface area contributed by atoms with Crippen LogP contribution in [0, 0.1) is 23.2 Å². The Morgan fingerprint density at radius 1 is 1.25 bits per heavy atom. The van der Waals surface area contributed by atoms with Crippen molar-refractivity contribution in [2.75, 3.05) is 6.54 Å². The Kier molecular flexibility index (Phi) is 3.41. The maximum atomic E-state index is 9.77. The maximum Gasteiger partial charge on any atom is 0.123 e. The minimum atomic E-state index is 0.112. The van der Waals surface area contributed by atoms with Gasteiger partial charge in [-0.25, -0.2) is 0 Å². The highest BCUT2D eigenvalue weighted by Gasteiger charge is 2.53. The summed E-state index contributed by atoms with van der Waals surface area (Å²) in [4.78, 5) is 0. The molecule has 0 radical (unpaired) electrons. The Morgan fingerprint density at radius 3 is 2.70 bits per heavy atom. The van der Waals surface area contributed by atoms with Crippen LogP contribution in [-0.2, 0) is 6.54 Å². The molecule has 0 spiro atoms. The van der Waals surface area contributed by atoms with Gasteiger partial charge in [0.2, 0.25) is 0 Å². The molecular weight excluding hydrogens is 250 g/mol. The van der Waals surface area contributed by atoms with Crippen molar-refractivity contribution in [3.8, 4) is 11.5 Å². The van der Waals surface area contributed by atoms with Crippen molar-refractivity contribution in [2.24, 2.45) is 23.2 Å². The van der Waals surface area contributed by atoms with Crippen LogP contribution in [0.1, 0.15) is 38.7 Å². The first kappa shape index (κ1) is 13.7. The van der Waals surface area contributed by atoms with Gasteiger partial charge in [-0.2, -0.15) is 0 Å². The second-order valence-electron chi connectivity index (χ2n) is 7.14. The van der Waals surface area contributed by atoms with Gasteiger partial charge in [0.05, 0.1) is 0 Å². The summed E-state index contributed by atoms with van der Waals surface area (Å²) >= 11 is 0. The smallest absolute Gasteiger partial charge is 0.123 e. The van der Waals surface area contributed by atoms with Gasteiger partial charge in [0.1, 0.15) is 11.5 Å². The molecule has 3 fully saturated rings. The van der Waals surface area contributed by atoms with Crippen molar-refractivity contribution in [2.45, 2.75) is 39.7 Å². The number of hydrogen-bond acceptors (Lipinski definition) is 3. The molecule has 0 heterocycles. The SMILES string of the molecule is CC1(C)C2CCC(CNCc3ccc(O)cc3O)C1C2. The van der Waals surface area contributed by atoms with Crippen LogP contribution in [0.2, 0.25) is 0 Å². The zero-order valence-electron chi connectivity index (χ0n) is 12.4. The summed E-state index contributed by atoms with van der Waals surface area (Å²) in [6, 6.07) is 4.80. The van der Waals surface area contributed by atoms with Crippen LogP contribution in [0.4, 0.5) is 0 Å². The van der Waals surface area contributed by atoms with Crippen LogP contribution >= 0.6 is 0 Å². The quantitative estimate of drug-likeness (QED) is 0.790. The van der Waals surface area contributed by atoms with E-state index >= 15 is 0 Å². The van der Waals surface area contributed by atoms with Crippen LogP contribution in [0.15, 0.2) is 18.2 Å². The van der Waals surface area contributed by atoms with E-state index in [0.29, 0.717) is 12.0 Å². The van der Waals surface area contributed by atoms with E-state index in [2.05, 4.69) is 19.2 Å². The van der Waals surface area contributed by atoms with Crippen LogP contribution in [0.5, 0.6) is 11.5 Å². The number of phenolic OH excluding ortho intramolecular Hbond substituents is 2. The lowest BCUT2D eigenvalue weighted by atomic mass is 9.45. The van der Waals surface area contributed by atoms with E-state index in [1.165, 1.54) is 25.3 Å². The number of benzene rings is 1. The minimum absolute atomic E-state index is 0.112. The minimum Gasteiger partial charge on any atom is -0.508 e. The lowest BCUT2D eigenvalue weighted by molar-refractivity contribution is -0.103. The van der Waals surface area contributed by atoms with Gasteiger partial charge in [-0.05, 0) is 55.0 Å². The molecule has 2 bridgehead atoms. The number of nitrogens with one attached hydrogen (secondary N) is 1. The van der Waals surface area contributed by atoms with Gasteiger partial charge in [-0.1, -0.05) is 19.9 Å². The average molecular weight is 275 g/mol. The number of fused-ring (bicyclic) bond motifs is 2. The largest absolute Gasteiger partial charge is 0.508 e. The normalized spacial score (nSPS) is 30.8. The first-order valence-electron chi connectivity index (χ1n) is 7.70. The third-order valence-corrected chi connectivity index (χ3v) is 5.79. The fourth-order valence-corrected chi connectivity index (χ4v) is 4.30. The summed E-state index contributed by atoms with van der Waals surface area (Å²) in [7, 11) is 0. The summed E-state index contributed by atoms with van der Waals surface area (Å²) < 4.78 is 0. The number of rotatable bonds is 4. The highest BCUT2D eigenvalue weighted by Crippen LogP contribution is 2.61.